The first-order chi connectivity index (χ1) is 12.2. The van der Waals surface area contributed by atoms with Gasteiger partial charge in [0.1, 0.15) is 6.10 Å². The first-order valence-corrected chi connectivity index (χ1v) is 9.14. The van der Waals surface area contributed by atoms with E-state index in [2.05, 4.69) is 34.9 Å². The minimum absolute atomic E-state index is 0.00437. The van der Waals surface area contributed by atoms with Crippen molar-refractivity contribution in [2.45, 2.75) is 25.4 Å². The molecular weight excluding hydrogens is 318 g/mol. The summed E-state index contributed by atoms with van der Waals surface area (Å²) < 4.78 is 5.39. The number of amides is 2. The Morgan fingerprint density at radius 1 is 1.20 bits per heavy atom. The Hall–Kier alpha value is -1.92. The topological polar surface area (TPSA) is 70.7 Å². The molecule has 1 aromatic carbocycles. The van der Waals surface area contributed by atoms with Gasteiger partial charge in [-0.15, -0.1) is 0 Å². The summed E-state index contributed by atoms with van der Waals surface area (Å²) >= 11 is 0. The highest BCUT2D eigenvalue weighted by Crippen LogP contribution is 2.21. The third-order valence-electron chi connectivity index (χ3n) is 4.97. The number of morpholine rings is 1. The molecule has 2 N–H and O–H groups in total. The standard InChI is InChI=1S/C19H27N3O3/c23-18(14-21-19(24)17-13-20-8-11-25-17)22-9-6-16(7-10-22)12-15-4-2-1-3-5-15/h1-5,16-17,20H,6-14H2,(H,21,24). The van der Waals surface area contributed by atoms with E-state index in [0.29, 0.717) is 19.1 Å². The maximum Gasteiger partial charge on any atom is 0.250 e. The highest BCUT2D eigenvalue weighted by atomic mass is 16.5. The zero-order valence-electron chi connectivity index (χ0n) is 14.6. The van der Waals surface area contributed by atoms with Gasteiger partial charge in [0.15, 0.2) is 0 Å². The van der Waals surface area contributed by atoms with Gasteiger partial charge < -0.3 is 20.3 Å². The molecule has 0 aromatic heterocycles. The second-order valence-corrected chi connectivity index (χ2v) is 6.80. The molecule has 0 aliphatic carbocycles. The maximum atomic E-state index is 12.3. The zero-order valence-corrected chi connectivity index (χ0v) is 14.6. The van der Waals surface area contributed by atoms with Gasteiger partial charge in [0.25, 0.3) is 5.91 Å². The summed E-state index contributed by atoms with van der Waals surface area (Å²) in [6.45, 7) is 3.40. The van der Waals surface area contributed by atoms with E-state index >= 15 is 0 Å². The number of likely N-dealkylation sites (tertiary alicyclic amines) is 1. The number of nitrogens with zero attached hydrogens (tertiary/aromatic N) is 1. The van der Waals surface area contributed by atoms with Crippen LogP contribution in [0.4, 0.5) is 0 Å². The number of carbonyl (C=O) groups is 2. The van der Waals surface area contributed by atoms with Crippen molar-refractivity contribution in [2.24, 2.45) is 5.92 Å². The van der Waals surface area contributed by atoms with Crippen molar-refractivity contribution in [3.05, 3.63) is 35.9 Å². The van der Waals surface area contributed by atoms with Crippen molar-refractivity contribution >= 4 is 11.8 Å². The summed E-state index contributed by atoms with van der Waals surface area (Å²) in [5.74, 6) is 0.414. The van der Waals surface area contributed by atoms with Crippen molar-refractivity contribution in [1.82, 2.24) is 15.5 Å². The van der Waals surface area contributed by atoms with Crippen molar-refractivity contribution in [1.29, 1.82) is 0 Å². The van der Waals surface area contributed by atoms with Crippen LogP contribution in [0.2, 0.25) is 0 Å². The van der Waals surface area contributed by atoms with Gasteiger partial charge in [-0.1, -0.05) is 30.3 Å². The third-order valence-corrected chi connectivity index (χ3v) is 4.97. The summed E-state index contributed by atoms with van der Waals surface area (Å²) in [4.78, 5) is 26.2. The fourth-order valence-corrected chi connectivity index (χ4v) is 3.46. The number of hydrogen-bond donors (Lipinski definition) is 2. The van der Waals surface area contributed by atoms with E-state index in [1.54, 1.807) is 0 Å². The number of hydrogen-bond acceptors (Lipinski definition) is 4. The predicted octanol–water partition coefficient (Wildman–Crippen LogP) is 0.572. The number of carbonyl (C=O) groups excluding carboxylic acids is 2. The SMILES string of the molecule is O=C(NCC(=O)N1CCC(Cc2ccccc2)CC1)C1CNCCO1. The van der Waals surface area contributed by atoms with Gasteiger partial charge >= 0.3 is 0 Å². The molecule has 2 aliphatic heterocycles. The smallest absolute Gasteiger partial charge is 0.250 e. The Morgan fingerprint density at radius 2 is 1.96 bits per heavy atom. The lowest BCUT2D eigenvalue weighted by molar-refractivity contribution is -0.138. The fourth-order valence-electron chi connectivity index (χ4n) is 3.46. The molecule has 2 heterocycles. The number of benzene rings is 1. The summed E-state index contributed by atoms with van der Waals surface area (Å²) in [6, 6.07) is 10.5. The Labute approximate surface area is 148 Å². The molecule has 2 fully saturated rings. The normalized spacial score (nSPS) is 21.8. The molecule has 2 amide bonds. The van der Waals surface area contributed by atoms with E-state index in [1.807, 2.05) is 11.0 Å². The first kappa shape index (κ1) is 17.9. The van der Waals surface area contributed by atoms with E-state index in [-0.39, 0.29) is 18.4 Å². The maximum absolute atomic E-state index is 12.3. The minimum Gasteiger partial charge on any atom is -0.366 e. The van der Waals surface area contributed by atoms with Gasteiger partial charge in [0, 0.05) is 26.2 Å². The number of piperidine rings is 1. The van der Waals surface area contributed by atoms with Crippen LogP contribution in [0.15, 0.2) is 30.3 Å². The molecular formula is C19H27N3O3. The van der Waals surface area contributed by atoms with E-state index in [0.717, 1.165) is 38.9 Å². The van der Waals surface area contributed by atoms with Crippen LogP contribution in [0.5, 0.6) is 0 Å². The van der Waals surface area contributed by atoms with Crippen molar-refractivity contribution in [3.63, 3.8) is 0 Å². The summed E-state index contributed by atoms with van der Waals surface area (Å²) in [7, 11) is 0. The molecule has 0 radical (unpaired) electrons. The van der Waals surface area contributed by atoms with Crippen molar-refractivity contribution in [3.8, 4) is 0 Å². The van der Waals surface area contributed by atoms with E-state index in [9.17, 15) is 9.59 Å². The predicted molar refractivity (Wildman–Crippen MR) is 95.1 cm³/mol. The van der Waals surface area contributed by atoms with E-state index in [1.165, 1.54) is 5.56 Å². The fraction of sp³-hybridized carbons (Fsp3) is 0.579. The van der Waals surface area contributed by atoms with Crippen LogP contribution in [-0.4, -0.2) is 62.1 Å². The molecule has 3 rings (SSSR count). The molecule has 6 nitrogen and oxygen atoms in total. The zero-order chi connectivity index (χ0) is 17.5. The van der Waals surface area contributed by atoms with Gasteiger partial charge in [-0.25, -0.2) is 0 Å². The molecule has 1 aromatic rings. The third kappa shape index (κ3) is 5.28. The van der Waals surface area contributed by atoms with E-state index < -0.39 is 6.10 Å². The molecule has 2 saturated heterocycles. The lowest BCUT2D eigenvalue weighted by atomic mass is 9.90. The van der Waals surface area contributed by atoms with Gasteiger partial charge in [0.05, 0.1) is 13.2 Å². The second-order valence-electron chi connectivity index (χ2n) is 6.80. The Bertz CT molecular complexity index is 565. The Morgan fingerprint density at radius 3 is 2.64 bits per heavy atom. The molecule has 2 aliphatic rings. The highest BCUT2D eigenvalue weighted by Gasteiger charge is 2.25. The molecule has 0 bridgehead atoms. The lowest BCUT2D eigenvalue weighted by Crippen LogP contribution is -2.50. The number of nitrogens with one attached hydrogen (secondary N) is 2. The van der Waals surface area contributed by atoms with E-state index in [4.69, 9.17) is 4.74 Å². The average molecular weight is 345 g/mol. The summed E-state index contributed by atoms with van der Waals surface area (Å²) in [6.07, 6.45) is 2.62. The second kappa shape index (κ2) is 8.97. The van der Waals surface area contributed by atoms with Crippen LogP contribution in [0, 0.1) is 5.92 Å². The van der Waals surface area contributed by atoms with Gasteiger partial charge in [-0.05, 0) is 30.7 Å². The average Bonchev–Trinajstić information content (AvgIpc) is 2.68. The van der Waals surface area contributed by atoms with Crippen LogP contribution in [0.25, 0.3) is 0 Å². The monoisotopic (exact) mass is 345 g/mol. The lowest BCUT2D eigenvalue weighted by Gasteiger charge is -2.32. The summed E-state index contributed by atoms with van der Waals surface area (Å²) in [5, 5.41) is 5.82. The Kier molecular flexibility index (Phi) is 6.42. The minimum atomic E-state index is -0.488. The van der Waals surface area contributed by atoms with Gasteiger partial charge in [-0.2, -0.15) is 0 Å². The van der Waals surface area contributed by atoms with Crippen LogP contribution in [-0.2, 0) is 20.7 Å². The highest BCUT2D eigenvalue weighted by molar-refractivity contribution is 5.87. The molecule has 1 atom stereocenters. The van der Waals surface area contributed by atoms with Crippen LogP contribution in [0.3, 0.4) is 0 Å². The first-order valence-electron chi connectivity index (χ1n) is 9.14. The molecule has 1 unspecified atom stereocenters. The largest absolute Gasteiger partial charge is 0.366 e. The Balaban J connectivity index is 1.37. The van der Waals surface area contributed by atoms with Crippen LogP contribution < -0.4 is 10.6 Å². The molecule has 0 spiro atoms. The van der Waals surface area contributed by atoms with Gasteiger partial charge in [-0.3, -0.25) is 9.59 Å². The number of ether oxygens (including phenoxy) is 1. The van der Waals surface area contributed by atoms with Crippen LogP contribution in [0.1, 0.15) is 18.4 Å². The summed E-state index contributed by atoms with van der Waals surface area (Å²) in [5.41, 5.74) is 1.36. The van der Waals surface area contributed by atoms with Crippen molar-refractivity contribution in [2.75, 3.05) is 39.3 Å². The molecule has 6 heteroatoms. The van der Waals surface area contributed by atoms with Gasteiger partial charge in [0.2, 0.25) is 5.91 Å². The molecule has 0 saturated carbocycles. The molecule has 25 heavy (non-hydrogen) atoms. The number of rotatable bonds is 5. The quantitative estimate of drug-likeness (QED) is 0.819. The van der Waals surface area contributed by atoms with Crippen molar-refractivity contribution < 1.29 is 14.3 Å². The van der Waals surface area contributed by atoms with Crippen LogP contribution >= 0.6 is 0 Å². The molecule has 136 valence electrons.